The van der Waals surface area contributed by atoms with Crippen LogP contribution in [0.4, 0.5) is 13.2 Å². The van der Waals surface area contributed by atoms with Crippen LogP contribution in [0, 0.1) is 0 Å². The average Bonchev–Trinajstić information content (AvgIpc) is 2.46. The summed E-state index contributed by atoms with van der Waals surface area (Å²) in [6.45, 7) is 3.40. The molecule has 0 aromatic carbocycles. The van der Waals surface area contributed by atoms with Crippen LogP contribution in [0.15, 0.2) is 17.3 Å². The van der Waals surface area contributed by atoms with Gasteiger partial charge < -0.3 is 15.4 Å². The molecule has 0 amide bonds. The van der Waals surface area contributed by atoms with Gasteiger partial charge in [-0.25, -0.2) is 4.98 Å². The van der Waals surface area contributed by atoms with Crippen LogP contribution in [0.1, 0.15) is 18.9 Å². The first-order valence-corrected chi connectivity index (χ1v) is 7.06. The summed E-state index contributed by atoms with van der Waals surface area (Å²) in [6.07, 6.45) is -2.83. The SMILES string of the molecule is CCCNC(=NC)NCCOc1ncc(C(F)(F)F)cc1Cl.I. The first-order valence-electron chi connectivity index (χ1n) is 6.68. The lowest BCUT2D eigenvalue weighted by Crippen LogP contribution is -2.39. The number of ether oxygens (including phenoxy) is 1. The number of rotatable bonds is 6. The fraction of sp³-hybridized carbons (Fsp3) is 0.538. The number of halogens is 5. The van der Waals surface area contributed by atoms with Crippen molar-refractivity contribution < 1.29 is 17.9 Å². The quantitative estimate of drug-likeness (QED) is 0.292. The summed E-state index contributed by atoms with van der Waals surface area (Å²) in [6, 6.07) is 0.791. The van der Waals surface area contributed by atoms with Gasteiger partial charge in [0.25, 0.3) is 0 Å². The van der Waals surface area contributed by atoms with Gasteiger partial charge in [0.1, 0.15) is 11.6 Å². The molecule has 1 aromatic rings. The molecule has 1 aromatic heterocycles. The lowest BCUT2D eigenvalue weighted by molar-refractivity contribution is -0.137. The summed E-state index contributed by atoms with van der Waals surface area (Å²) >= 11 is 5.73. The average molecular weight is 467 g/mol. The molecule has 0 radical (unpaired) electrons. The first-order chi connectivity index (χ1) is 10.4. The Morgan fingerprint density at radius 2 is 2.00 bits per heavy atom. The van der Waals surface area contributed by atoms with E-state index in [1.807, 2.05) is 6.92 Å². The molecule has 0 aliphatic rings. The molecule has 23 heavy (non-hydrogen) atoms. The Hall–Kier alpha value is -0.970. The second-order valence-electron chi connectivity index (χ2n) is 4.28. The van der Waals surface area contributed by atoms with Crippen molar-refractivity contribution in [1.82, 2.24) is 15.6 Å². The molecule has 0 fully saturated rings. The lowest BCUT2D eigenvalue weighted by atomic mass is 10.3. The summed E-state index contributed by atoms with van der Waals surface area (Å²) in [5.41, 5.74) is -0.910. The maximum Gasteiger partial charge on any atom is 0.417 e. The van der Waals surface area contributed by atoms with E-state index in [4.69, 9.17) is 16.3 Å². The van der Waals surface area contributed by atoms with Crippen LogP contribution in [0.3, 0.4) is 0 Å². The van der Waals surface area contributed by atoms with Gasteiger partial charge in [-0.3, -0.25) is 4.99 Å². The largest absolute Gasteiger partial charge is 0.475 e. The normalized spacial score (nSPS) is 11.7. The van der Waals surface area contributed by atoms with Crippen LogP contribution < -0.4 is 15.4 Å². The number of hydrogen-bond acceptors (Lipinski definition) is 3. The maximum absolute atomic E-state index is 12.5. The van der Waals surface area contributed by atoms with Gasteiger partial charge in [0.05, 0.1) is 12.1 Å². The van der Waals surface area contributed by atoms with E-state index in [-0.39, 0.29) is 41.5 Å². The smallest absolute Gasteiger partial charge is 0.417 e. The fourth-order valence-corrected chi connectivity index (χ4v) is 1.69. The van der Waals surface area contributed by atoms with Crippen LogP contribution in [0.5, 0.6) is 5.88 Å². The van der Waals surface area contributed by atoms with Crippen molar-refractivity contribution in [2.45, 2.75) is 19.5 Å². The molecular formula is C13H19ClF3IN4O. The third-order valence-electron chi connectivity index (χ3n) is 2.53. The van der Waals surface area contributed by atoms with Gasteiger partial charge in [0, 0.05) is 19.8 Å². The van der Waals surface area contributed by atoms with Crippen molar-refractivity contribution in [2.24, 2.45) is 4.99 Å². The van der Waals surface area contributed by atoms with Gasteiger partial charge in [0.2, 0.25) is 5.88 Å². The summed E-state index contributed by atoms with van der Waals surface area (Å²) in [4.78, 5) is 7.58. The standard InChI is InChI=1S/C13H18ClF3N4O.HI/c1-3-4-19-12(18-2)20-5-6-22-11-10(14)7-9(8-21-11)13(15,16)17;/h7-8H,3-6H2,1-2H3,(H2,18,19,20);1H. The Morgan fingerprint density at radius 1 is 1.35 bits per heavy atom. The third-order valence-corrected chi connectivity index (χ3v) is 2.80. The predicted octanol–water partition coefficient (Wildman–Crippen LogP) is 3.33. The zero-order valence-corrected chi connectivity index (χ0v) is 15.8. The van der Waals surface area contributed by atoms with E-state index in [1.54, 1.807) is 7.05 Å². The molecule has 0 aliphatic carbocycles. The summed E-state index contributed by atoms with van der Waals surface area (Å²) in [7, 11) is 1.64. The Morgan fingerprint density at radius 3 is 2.52 bits per heavy atom. The van der Waals surface area contributed by atoms with E-state index < -0.39 is 11.7 Å². The fourth-order valence-electron chi connectivity index (χ4n) is 1.47. The Kier molecular flexibility index (Phi) is 10.3. The van der Waals surface area contributed by atoms with E-state index in [1.165, 1.54) is 0 Å². The van der Waals surface area contributed by atoms with Gasteiger partial charge in [-0.2, -0.15) is 13.2 Å². The molecule has 0 atom stereocenters. The van der Waals surface area contributed by atoms with Crippen molar-refractivity contribution in [1.29, 1.82) is 0 Å². The molecular weight excluding hydrogens is 448 g/mol. The highest BCUT2D eigenvalue weighted by Crippen LogP contribution is 2.32. The summed E-state index contributed by atoms with van der Waals surface area (Å²) in [5.74, 6) is 0.588. The molecule has 1 rings (SSSR count). The number of nitrogens with zero attached hydrogens (tertiary/aromatic N) is 2. The van der Waals surface area contributed by atoms with Crippen LogP contribution in [-0.4, -0.2) is 37.7 Å². The highest BCUT2D eigenvalue weighted by molar-refractivity contribution is 14.0. The van der Waals surface area contributed by atoms with Crippen molar-refractivity contribution in [3.8, 4) is 5.88 Å². The Balaban J connectivity index is 0.00000484. The molecule has 2 N–H and O–H groups in total. The van der Waals surface area contributed by atoms with Crippen molar-refractivity contribution >= 4 is 41.5 Å². The molecule has 0 bridgehead atoms. The van der Waals surface area contributed by atoms with Crippen LogP contribution in [0.25, 0.3) is 0 Å². The highest BCUT2D eigenvalue weighted by atomic mass is 127. The van der Waals surface area contributed by atoms with Crippen molar-refractivity contribution in [3.63, 3.8) is 0 Å². The molecule has 0 spiro atoms. The molecule has 132 valence electrons. The van der Waals surface area contributed by atoms with E-state index in [9.17, 15) is 13.2 Å². The molecule has 0 saturated heterocycles. The minimum Gasteiger partial charge on any atom is -0.475 e. The first kappa shape index (κ1) is 22.0. The van der Waals surface area contributed by atoms with Gasteiger partial charge in [-0.15, -0.1) is 24.0 Å². The topological polar surface area (TPSA) is 58.5 Å². The second kappa shape index (κ2) is 10.7. The number of alkyl halides is 3. The Bertz CT molecular complexity index is 514. The number of guanidine groups is 1. The van der Waals surface area contributed by atoms with E-state index in [0.717, 1.165) is 19.0 Å². The van der Waals surface area contributed by atoms with Crippen LogP contribution in [0.2, 0.25) is 5.02 Å². The Labute approximate surface area is 155 Å². The van der Waals surface area contributed by atoms with Crippen LogP contribution >= 0.6 is 35.6 Å². The third kappa shape index (κ3) is 7.91. The predicted molar refractivity (Wildman–Crippen MR) is 94.8 cm³/mol. The van der Waals surface area contributed by atoms with Crippen LogP contribution in [-0.2, 0) is 6.18 Å². The molecule has 0 unspecified atom stereocenters. The molecule has 1 heterocycles. The van der Waals surface area contributed by atoms with Gasteiger partial charge in [-0.05, 0) is 12.5 Å². The molecule has 10 heteroatoms. The maximum atomic E-state index is 12.5. The molecule has 5 nitrogen and oxygen atoms in total. The minimum absolute atomic E-state index is 0. The van der Waals surface area contributed by atoms with E-state index in [2.05, 4.69) is 20.6 Å². The molecule has 0 saturated carbocycles. The number of aromatic nitrogens is 1. The zero-order valence-electron chi connectivity index (χ0n) is 12.7. The minimum atomic E-state index is -4.48. The van der Waals surface area contributed by atoms with Crippen molar-refractivity contribution in [2.75, 3.05) is 26.7 Å². The number of aliphatic imine (C=N–C) groups is 1. The zero-order chi connectivity index (χ0) is 16.6. The number of nitrogens with one attached hydrogen (secondary N) is 2. The highest BCUT2D eigenvalue weighted by Gasteiger charge is 2.31. The number of pyridine rings is 1. The van der Waals surface area contributed by atoms with Crippen molar-refractivity contribution in [3.05, 3.63) is 22.8 Å². The summed E-state index contributed by atoms with van der Waals surface area (Å²) < 4.78 is 42.6. The monoisotopic (exact) mass is 466 g/mol. The van der Waals surface area contributed by atoms with E-state index >= 15 is 0 Å². The lowest BCUT2D eigenvalue weighted by Gasteiger charge is -2.12. The van der Waals surface area contributed by atoms with Gasteiger partial charge in [0.15, 0.2) is 5.96 Å². The number of hydrogen-bond donors (Lipinski definition) is 2. The summed E-state index contributed by atoms with van der Waals surface area (Å²) in [5, 5.41) is 5.88. The van der Waals surface area contributed by atoms with E-state index in [0.29, 0.717) is 18.7 Å². The van der Waals surface area contributed by atoms with Gasteiger partial charge >= 0.3 is 6.18 Å². The second-order valence-corrected chi connectivity index (χ2v) is 4.69. The van der Waals surface area contributed by atoms with Gasteiger partial charge in [-0.1, -0.05) is 18.5 Å². The molecule has 0 aliphatic heterocycles.